The van der Waals surface area contributed by atoms with Crippen molar-refractivity contribution in [2.45, 2.75) is 25.3 Å². The number of benzene rings is 1. The Balaban J connectivity index is 2.22. The van der Waals surface area contributed by atoms with E-state index in [1.807, 2.05) is 0 Å². The molecule has 1 heterocycles. The summed E-state index contributed by atoms with van der Waals surface area (Å²) >= 11 is 5.90. The Kier molecular flexibility index (Phi) is 3.12. The average Bonchev–Trinajstić information content (AvgIpc) is 2.71. The number of halogens is 2. The van der Waals surface area contributed by atoms with Gasteiger partial charge >= 0.3 is 0 Å². The summed E-state index contributed by atoms with van der Waals surface area (Å²) in [6.07, 6.45) is 2.69. The van der Waals surface area contributed by atoms with Crippen molar-refractivity contribution in [2.75, 3.05) is 6.54 Å². The normalized spacial score (nSPS) is 20.8. The van der Waals surface area contributed by atoms with Gasteiger partial charge in [0.05, 0.1) is 0 Å². The number of phenols is 1. The van der Waals surface area contributed by atoms with Crippen LogP contribution in [0.4, 0.5) is 4.39 Å². The Morgan fingerprint density at radius 1 is 1.53 bits per heavy atom. The topological polar surface area (TPSA) is 32.3 Å². The Morgan fingerprint density at radius 2 is 2.33 bits per heavy atom. The lowest BCUT2D eigenvalue weighted by molar-refractivity contribution is 0.426. The molecule has 1 atom stereocenters. The summed E-state index contributed by atoms with van der Waals surface area (Å²) in [5.74, 6) is -0.913. The lowest BCUT2D eigenvalue weighted by Gasteiger charge is -2.12. The summed E-state index contributed by atoms with van der Waals surface area (Å²) in [6, 6.07) is 3.09. The van der Waals surface area contributed by atoms with E-state index >= 15 is 0 Å². The minimum Gasteiger partial charge on any atom is -0.505 e. The van der Waals surface area contributed by atoms with Gasteiger partial charge in [-0.3, -0.25) is 0 Å². The fourth-order valence-electron chi connectivity index (χ4n) is 1.95. The van der Waals surface area contributed by atoms with Crippen LogP contribution in [0, 0.1) is 5.82 Å². The van der Waals surface area contributed by atoms with Crippen molar-refractivity contribution in [2.24, 2.45) is 0 Å². The van der Waals surface area contributed by atoms with Crippen LogP contribution < -0.4 is 5.32 Å². The largest absolute Gasteiger partial charge is 0.505 e. The summed E-state index contributed by atoms with van der Waals surface area (Å²) in [5.41, 5.74) is 0.413. The Morgan fingerprint density at radius 3 is 3.00 bits per heavy atom. The molecule has 0 aromatic heterocycles. The zero-order valence-corrected chi connectivity index (χ0v) is 9.02. The number of nitrogens with one attached hydrogen (secondary N) is 1. The molecule has 2 rings (SSSR count). The molecule has 1 fully saturated rings. The molecular formula is C11H13ClFNO. The van der Waals surface area contributed by atoms with E-state index in [0.29, 0.717) is 17.0 Å². The van der Waals surface area contributed by atoms with Crippen molar-refractivity contribution in [1.82, 2.24) is 5.32 Å². The van der Waals surface area contributed by atoms with E-state index in [0.717, 1.165) is 19.4 Å². The molecule has 82 valence electrons. The van der Waals surface area contributed by atoms with Crippen LogP contribution in [-0.2, 0) is 6.42 Å². The van der Waals surface area contributed by atoms with Gasteiger partial charge in [0.25, 0.3) is 0 Å². The highest BCUT2D eigenvalue weighted by molar-refractivity contribution is 6.31. The lowest BCUT2D eigenvalue weighted by Crippen LogP contribution is -2.24. The molecule has 0 bridgehead atoms. The SMILES string of the molecule is Oc1ccc(Cl)c(CC2CCCN2)c1F. The van der Waals surface area contributed by atoms with Crippen LogP contribution in [0.1, 0.15) is 18.4 Å². The summed E-state index contributed by atoms with van der Waals surface area (Å²) in [4.78, 5) is 0. The minimum atomic E-state index is -0.587. The number of phenolic OH excluding ortho intramolecular Hbond substituents is 1. The van der Waals surface area contributed by atoms with Crippen LogP contribution in [0.25, 0.3) is 0 Å². The molecule has 15 heavy (non-hydrogen) atoms. The summed E-state index contributed by atoms with van der Waals surface area (Å²) in [7, 11) is 0. The molecular weight excluding hydrogens is 217 g/mol. The molecule has 1 aliphatic rings. The molecule has 0 spiro atoms. The monoisotopic (exact) mass is 229 g/mol. The second-order valence-electron chi connectivity index (χ2n) is 3.86. The second kappa shape index (κ2) is 4.37. The number of aromatic hydroxyl groups is 1. The molecule has 0 amide bonds. The van der Waals surface area contributed by atoms with Gasteiger partial charge in [-0.25, -0.2) is 4.39 Å². The second-order valence-corrected chi connectivity index (χ2v) is 4.26. The van der Waals surface area contributed by atoms with E-state index in [1.54, 1.807) is 0 Å². The Labute approximate surface area is 93.1 Å². The molecule has 1 saturated heterocycles. The average molecular weight is 230 g/mol. The van der Waals surface area contributed by atoms with Gasteiger partial charge in [0.2, 0.25) is 0 Å². The maximum atomic E-state index is 13.6. The highest BCUT2D eigenvalue weighted by atomic mass is 35.5. The Hall–Kier alpha value is -0.800. The number of hydrogen-bond donors (Lipinski definition) is 2. The highest BCUT2D eigenvalue weighted by Gasteiger charge is 2.19. The van der Waals surface area contributed by atoms with E-state index in [2.05, 4.69) is 5.32 Å². The maximum absolute atomic E-state index is 13.6. The zero-order chi connectivity index (χ0) is 10.8. The van der Waals surface area contributed by atoms with Crippen molar-refractivity contribution in [3.63, 3.8) is 0 Å². The van der Waals surface area contributed by atoms with Gasteiger partial charge in [0, 0.05) is 16.6 Å². The maximum Gasteiger partial charge on any atom is 0.169 e. The van der Waals surface area contributed by atoms with Crippen LogP contribution >= 0.6 is 11.6 Å². The molecule has 1 aliphatic heterocycles. The van der Waals surface area contributed by atoms with E-state index in [4.69, 9.17) is 11.6 Å². The smallest absolute Gasteiger partial charge is 0.169 e. The van der Waals surface area contributed by atoms with Crippen molar-refractivity contribution in [1.29, 1.82) is 0 Å². The van der Waals surface area contributed by atoms with Crippen LogP contribution in [0.3, 0.4) is 0 Å². The first-order valence-electron chi connectivity index (χ1n) is 5.07. The zero-order valence-electron chi connectivity index (χ0n) is 8.26. The van der Waals surface area contributed by atoms with Gasteiger partial charge in [0.1, 0.15) is 0 Å². The quantitative estimate of drug-likeness (QED) is 0.817. The summed E-state index contributed by atoms with van der Waals surface area (Å²) < 4.78 is 13.6. The van der Waals surface area contributed by atoms with E-state index in [1.165, 1.54) is 12.1 Å². The first-order chi connectivity index (χ1) is 7.18. The summed E-state index contributed by atoms with van der Waals surface area (Å²) in [6.45, 7) is 0.975. The highest BCUT2D eigenvalue weighted by Crippen LogP contribution is 2.28. The van der Waals surface area contributed by atoms with Crippen LogP contribution in [0.5, 0.6) is 5.75 Å². The molecule has 1 aromatic carbocycles. The third-order valence-electron chi connectivity index (χ3n) is 2.78. The molecule has 0 radical (unpaired) electrons. The lowest BCUT2D eigenvalue weighted by atomic mass is 10.0. The molecule has 2 nitrogen and oxygen atoms in total. The van der Waals surface area contributed by atoms with Crippen molar-refractivity contribution < 1.29 is 9.50 Å². The van der Waals surface area contributed by atoms with Crippen LogP contribution in [0.15, 0.2) is 12.1 Å². The minimum absolute atomic E-state index is 0.277. The standard InChI is InChI=1S/C11H13ClFNO/c12-9-3-4-10(15)11(13)8(9)6-7-2-1-5-14-7/h3-4,7,14-15H,1-2,5-6H2. The van der Waals surface area contributed by atoms with Gasteiger partial charge in [-0.05, 0) is 37.9 Å². The number of hydrogen-bond acceptors (Lipinski definition) is 2. The van der Waals surface area contributed by atoms with Gasteiger partial charge in [-0.2, -0.15) is 0 Å². The first-order valence-corrected chi connectivity index (χ1v) is 5.45. The van der Waals surface area contributed by atoms with E-state index in [-0.39, 0.29) is 11.8 Å². The number of rotatable bonds is 2. The predicted octanol–water partition coefficient (Wildman–Crippen LogP) is 2.48. The molecule has 2 N–H and O–H groups in total. The van der Waals surface area contributed by atoms with Gasteiger partial charge in [0.15, 0.2) is 11.6 Å². The summed E-state index contributed by atoms with van der Waals surface area (Å²) in [5, 5.41) is 12.9. The predicted molar refractivity (Wildman–Crippen MR) is 57.8 cm³/mol. The molecule has 1 aromatic rings. The van der Waals surface area contributed by atoms with Crippen molar-refractivity contribution in [3.8, 4) is 5.75 Å². The molecule has 4 heteroatoms. The van der Waals surface area contributed by atoms with Crippen molar-refractivity contribution >= 4 is 11.6 Å². The fraction of sp³-hybridized carbons (Fsp3) is 0.455. The third kappa shape index (κ3) is 2.24. The van der Waals surface area contributed by atoms with E-state index in [9.17, 15) is 9.50 Å². The fourth-order valence-corrected chi connectivity index (χ4v) is 2.17. The van der Waals surface area contributed by atoms with Crippen molar-refractivity contribution in [3.05, 3.63) is 28.5 Å². The van der Waals surface area contributed by atoms with E-state index < -0.39 is 5.82 Å². The molecule has 1 unspecified atom stereocenters. The molecule has 0 saturated carbocycles. The molecule has 0 aliphatic carbocycles. The van der Waals surface area contributed by atoms with Gasteiger partial charge in [-0.15, -0.1) is 0 Å². The Bertz CT molecular complexity index is 364. The van der Waals surface area contributed by atoms with Gasteiger partial charge < -0.3 is 10.4 Å². The van der Waals surface area contributed by atoms with Crippen LogP contribution in [-0.4, -0.2) is 17.7 Å². The van der Waals surface area contributed by atoms with Gasteiger partial charge in [-0.1, -0.05) is 11.6 Å². The van der Waals surface area contributed by atoms with Crippen LogP contribution in [0.2, 0.25) is 5.02 Å². The first kappa shape index (κ1) is 10.7. The third-order valence-corrected chi connectivity index (χ3v) is 3.13.